The van der Waals surface area contributed by atoms with E-state index in [2.05, 4.69) is 33.2 Å². The largest absolute Gasteiger partial charge is 0.476 e. The molecule has 2 rings (SSSR count). The van der Waals surface area contributed by atoms with Crippen molar-refractivity contribution in [3.05, 3.63) is 38.8 Å². The lowest BCUT2D eigenvalue weighted by atomic mass is 10.1. The highest BCUT2D eigenvalue weighted by Crippen LogP contribution is 2.29. The number of halogens is 1. The Morgan fingerprint density at radius 3 is 2.84 bits per heavy atom. The molecule has 0 aliphatic carbocycles. The monoisotopic (exact) mass is 340 g/mol. The summed E-state index contributed by atoms with van der Waals surface area (Å²) in [6, 6.07) is 5.95. The Labute approximate surface area is 123 Å². The van der Waals surface area contributed by atoms with E-state index in [9.17, 15) is 4.79 Å². The van der Waals surface area contributed by atoms with E-state index in [1.165, 1.54) is 11.3 Å². The molecule has 0 atom stereocenters. The van der Waals surface area contributed by atoms with Gasteiger partial charge in [-0.1, -0.05) is 22.9 Å². The smallest absolute Gasteiger partial charge is 0.355 e. The molecule has 0 unspecified atom stereocenters. The molecule has 2 N–H and O–H groups in total. The van der Waals surface area contributed by atoms with Crippen LogP contribution in [-0.4, -0.2) is 16.1 Å². The summed E-state index contributed by atoms with van der Waals surface area (Å²) in [6.07, 6.45) is 0.887. The van der Waals surface area contributed by atoms with Crippen LogP contribution in [-0.2, 0) is 6.42 Å². The zero-order valence-corrected chi connectivity index (χ0v) is 12.9. The number of rotatable bonds is 4. The van der Waals surface area contributed by atoms with Gasteiger partial charge in [0.25, 0.3) is 0 Å². The van der Waals surface area contributed by atoms with Crippen LogP contribution in [0.1, 0.15) is 27.9 Å². The predicted molar refractivity (Wildman–Crippen MR) is 80.6 cm³/mol. The second-order valence-electron chi connectivity index (χ2n) is 4.01. The van der Waals surface area contributed by atoms with Gasteiger partial charge in [-0.2, -0.15) is 0 Å². The third kappa shape index (κ3) is 3.13. The molecule has 1 aromatic carbocycles. The van der Waals surface area contributed by atoms with E-state index in [-0.39, 0.29) is 5.69 Å². The average molecular weight is 341 g/mol. The number of nitrogens with one attached hydrogen (secondary N) is 1. The molecule has 0 radical (unpaired) electrons. The molecule has 1 heterocycles. The van der Waals surface area contributed by atoms with Gasteiger partial charge in [-0.05, 0) is 37.1 Å². The van der Waals surface area contributed by atoms with Gasteiger partial charge >= 0.3 is 5.97 Å². The second kappa shape index (κ2) is 5.71. The molecular weight excluding hydrogens is 328 g/mol. The van der Waals surface area contributed by atoms with Crippen LogP contribution >= 0.6 is 27.3 Å². The Morgan fingerprint density at radius 2 is 2.26 bits per heavy atom. The van der Waals surface area contributed by atoms with Crippen molar-refractivity contribution in [1.29, 1.82) is 0 Å². The first-order valence-electron chi connectivity index (χ1n) is 5.77. The van der Waals surface area contributed by atoms with Gasteiger partial charge in [0.2, 0.25) is 0 Å². The van der Waals surface area contributed by atoms with Crippen molar-refractivity contribution in [1.82, 2.24) is 4.98 Å². The molecule has 0 aliphatic rings. The molecule has 0 aliphatic heterocycles. The molecule has 0 amide bonds. The zero-order valence-electron chi connectivity index (χ0n) is 10.5. The number of anilines is 2. The molecule has 6 heteroatoms. The van der Waals surface area contributed by atoms with Gasteiger partial charge in [0.1, 0.15) is 0 Å². The topological polar surface area (TPSA) is 62.2 Å². The molecule has 4 nitrogen and oxygen atoms in total. The Bertz CT molecular complexity index is 625. The maximum absolute atomic E-state index is 11.0. The highest BCUT2D eigenvalue weighted by molar-refractivity contribution is 9.10. The van der Waals surface area contributed by atoms with Crippen LogP contribution in [0.4, 0.5) is 10.8 Å². The number of carboxylic acid groups (broad SMARTS) is 1. The standard InChI is InChI=1S/C13H13BrN2O2S/c1-3-8-6-9(14)4-5-10(8)15-13-16-11(12(17)18)7(2)19-13/h4-6H,3H2,1-2H3,(H,15,16)(H,17,18). The van der Waals surface area contributed by atoms with Crippen molar-refractivity contribution in [3.8, 4) is 0 Å². The second-order valence-corrected chi connectivity index (χ2v) is 6.13. The number of hydrogen-bond acceptors (Lipinski definition) is 4. The quantitative estimate of drug-likeness (QED) is 0.874. The number of aromatic nitrogens is 1. The molecule has 0 bridgehead atoms. The lowest BCUT2D eigenvalue weighted by Gasteiger charge is -2.08. The van der Waals surface area contributed by atoms with Crippen molar-refractivity contribution in [3.63, 3.8) is 0 Å². The van der Waals surface area contributed by atoms with E-state index < -0.39 is 5.97 Å². The van der Waals surface area contributed by atoms with Crippen LogP contribution in [0.5, 0.6) is 0 Å². The fourth-order valence-corrected chi connectivity index (χ4v) is 2.97. The normalized spacial score (nSPS) is 10.5. The van der Waals surface area contributed by atoms with Crippen LogP contribution in [0, 0.1) is 6.92 Å². The van der Waals surface area contributed by atoms with Crippen LogP contribution in [0.15, 0.2) is 22.7 Å². The molecule has 2 aromatic rings. The summed E-state index contributed by atoms with van der Waals surface area (Å²) in [6.45, 7) is 3.83. The molecule has 1 aromatic heterocycles. The van der Waals surface area contributed by atoms with E-state index in [4.69, 9.17) is 5.11 Å². The number of thiazole rings is 1. The van der Waals surface area contributed by atoms with Gasteiger partial charge < -0.3 is 10.4 Å². The fourth-order valence-electron chi connectivity index (χ4n) is 1.74. The lowest BCUT2D eigenvalue weighted by Crippen LogP contribution is -2.00. The Hall–Kier alpha value is -1.40. The van der Waals surface area contributed by atoms with Gasteiger partial charge in [0, 0.05) is 15.0 Å². The van der Waals surface area contributed by atoms with E-state index in [1.54, 1.807) is 6.92 Å². The molecule has 100 valence electrons. The molecule has 0 spiro atoms. The number of nitrogens with zero attached hydrogens (tertiary/aromatic N) is 1. The minimum atomic E-state index is -0.992. The van der Waals surface area contributed by atoms with Crippen molar-refractivity contribution in [2.24, 2.45) is 0 Å². The minimum absolute atomic E-state index is 0.114. The van der Waals surface area contributed by atoms with Crippen molar-refractivity contribution >= 4 is 44.1 Å². The lowest BCUT2D eigenvalue weighted by molar-refractivity contribution is 0.0690. The van der Waals surface area contributed by atoms with Gasteiger partial charge in [-0.3, -0.25) is 0 Å². The van der Waals surface area contributed by atoms with E-state index >= 15 is 0 Å². The van der Waals surface area contributed by atoms with Crippen molar-refractivity contribution in [2.45, 2.75) is 20.3 Å². The van der Waals surface area contributed by atoms with Crippen molar-refractivity contribution in [2.75, 3.05) is 5.32 Å². The Morgan fingerprint density at radius 1 is 1.53 bits per heavy atom. The van der Waals surface area contributed by atoms with Crippen LogP contribution in [0.2, 0.25) is 0 Å². The molecule has 0 saturated carbocycles. The van der Waals surface area contributed by atoms with Gasteiger partial charge in [-0.25, -0.2) is 9.78 Å². The van der Waals surface area contributed by atoms with E-state index in [0.717, 1.165) is 22.1 Å². The number of hydrogen-bond donors (Lipinski definition) is 2. The first kappa shape index (κ1) is 14.0. The highest BCUT2D eigenvalue weighted by Gasteiger charge is 2.14. The van der Waals surface area contributed by atoms with Gasteiger partial charge in [0.15, 0.2) is 10.8 Å². The van der Waals surface area contributed by atoms with Crippen molar-refractivity contribution < 1.29 is 9.90 Å². The van der Waals surface area contributed by atoms with Crippen LogP contribution in [0.3, 0.4) is 0 Å². The SMILES string of the molecule is CCc1cc(Br)ccc1Nc1nc(C(=O)O)c(C)s1. The van der Waals surface area contributed by atoms with Crippen LogP contribution < -0.4 is 5.32 Å². The number of benzene rings is 1. The van der Waals surface area contributed by atoms with Crippen LogP contribution in [0.25, 0.3) is 0 Å². The summed E-state index contributed by atoms with van der Waals surface area (Å²) in [5.74, 6) is -0.992. The Balaban J connectivity index is 2.31. The minimum Gasteiger partial charge on any atom is -0.476 e. The molecule has 19 heavy (non-hydrogen) atoms. The number of aromatic carboxylic acids is 1. The first-order chi connectivity index (χ1) is 9.01. The van der Waals surface area contributed by atoms with E-state index in [1.807, 2.05) is 18.2 Å². The zero-order chi connectivity index (χ0) is 14.0. The number of carboxylic acids is 1. The summed E-state index contributed by atoms with van der Waals surface area (Å²) >= 11 is 4.78. The molecule has 0 fully saturated rings. The maximum atomic E-state index is 11.0. The average Bonchev–Trinajstić information content (AvgIpc) is 2.72. The summed E-state index contributed by atoms with van der Waals surface area (Å²) in [5, 5.41) is 12.8. The summed E-state index contributed by atoms with van der Waals surface area (Å²) in [5.41, 5.74) is 2.22. The Kier molecular flexibility index (Phi) is 4.21. The number of carbonyl (C=O) groups is 1. The van der Waals surface area contributed by atoms with Gasteiger partial charge in [-0.15, -0.1) is 11.3 Å². The third-order valence-electron chi connectivity index (χ3n) is 2.69. The number of aryl methyl sites for hydroxylation is 2. The third-order valence-corrected chi connectivity index (χ3v) is 4.07. The van der Waals surface area contributed by atoms with E-state index in [0.29, 0.717) is 10.0 Å². The maximum Gasteiger partial charge on any atom is 0.355 e. The van der Waals surface area contributed by atoms with Gasteiger partial charge in [0.05, 0.1) is 0 Å². The predicted octanol–water partition coefficient (Wildman–Crippen LogP) is 4.22. The first-order valence-corrected chi connectivity index (χ1v) is 7.38. The summed E-state index contributed by atoms with van der Waals surface area (Å²) < 4.78 is 1.02. The summed E-state index contributed by atoms with van der Waals surface area (Å²) in [4.78, 5) is 15.8. The fraction of sp³-hybridized carbons (Fsp3) is 0.231. The molecule has 0 saturated heterocycles. The molecular formula is C13H13BrN2O2S. The highest BCUT2D eigenvalue weighted by atomic mass is 79.9. The summed E-state index contributed by atoms with van der Waals surface area (Å²) in [7, 11) is 0.